The maximum Gasteiger partial charge on any atom is 0.251 e. The van der Waals surface area contributed by atoms with Crippen LogP contribution in [0.3, 0.4) is 0 Å². The van der Waals surface area contributed by atoms with E-state index in [0.29, 0.717) is 0 Å². The summed E-state index contributed by atoms with van der Waals surface area (Å²) in [7, 11) is 0. The number of hydrogen-bond acceptors (Lipinski definition) is 4. The summed E-state index contributed by atoms with van der Waals surface area (Å²) in [5.41, 5.74) is 2.18. The average Bonchev–Trinajstić information content (AvgIpc) is 2.70. The molecule has 1 amide bonds. The molecule has 1 rings (SSSR count). The zero-order valence-electron chi connectivity index (χ0n) is 9.45. The highest BCUT2D eigenvalue weighted by Crippen LogP contribution is 2.11. The third kappa shape index (κ3) is 3.77. The summed E-state index contributed by atoms with van der Waals surface area (Å²) in [6, 6.07) is -0.237. The van der Waals surface area contributed by atoms with Gasteiger partial charge in [0.15, 0.2) is 0 Å². The minimum absolute atomic E-state index is 0.164. The molecule has 0 bridgehead atoms. The number of carbonyl (C=O) groups excluding carboxylic acids is 1. The van der Waals surface area contributed by atoms with E-state index in [1.807, 2.05) is 13.8 Å². The lowest BCUT2D eigenvalue weighted by atomic mass is 10.0. The molecule has 2 atom stereocenters. The molecule has 0 aliphatic carbocycles. The number of rotatable bonds is 5. The first kappa shape index (κ1) is 12.4. The zero-order chi connectivity index (χ0) is 11.3. The Morgan fingerprint density at radius 3 is 2.80 bits per heavy atom. The molecule has 5 heteroatoms. The van der Waals surface area contributed by atoms with Crippen molar-refractivity contribution in [3.05, 3.63) is 0 Å². The molecule has 5 nitrogen and oxygen atoms in total. The fourth-order valence-corrected chi connectivity index (χ4v) is 1.78. The van der Waals surface area contributed by atoms with Gasteiger partial charge >= 0.3 is 0 Å². The molecule has 1 saturated heterocycles. The van der Waals surface area contributed by atoms with E-state index >= 15 is 0 Å². The van der Waals surface area contributed by atoms with Gasteiger partial charge in [-0.25, -0.2) is 5.84 Å². The van der Waals surface area contributed by atoms with Gasteiger partial charge in [0.05, 0.1) is 12.1 Å². The van der Waals surface area contributed by atoms with Gasteiger partial charge in [-0.05, 0) is 18.8 Å². The molecule has 88 valence electrons. The van der Waals surface area contributed by atoms with E-state index in [-0.39, 0.29) is 24.0 Å². The summed E-state index contributed by atoms with van der Waals surface area (Å²) >= 11 is 0. The highest BCUT2D eigenvalue weighted by molar-refractivity contribution is 5.81. The molecule has 0 saturated carbocycles. The van der Waals surface area contributed by atoms with Crippen LogP contribution in [-0.2, 0) is 9.53 Å². The van der Waals surface area contributed by atoms with E-state index in [0.717, 1.165) is 26.0 Å². The topological polar surface area (TPSA) is 76.4 Å². The fourth-order valence-electron chi connectivity index (χ4n) is 1.78. The number of nitrogens with one attached hydrogen (secondary N) is 2. The van der Waals surface area contributed by atoms with E-state index in [1.165, 1.54) is 0 Å². The van der Waals surface area contributed by atoms with Gasteiger partial charge in [-0.2, -0.15) is 0 Å². The van der Waals surface area contributed by atoms with Crippen molar-refractivity contribution in [3.63, 3.8) is 0 Å². The van der Waals surface area contributed by atoms with Gasteiger partial charge in [-0.1, -0.05) is 13.8 Å². The summed E-state index contributed by atoms with van der Waals surface area (Å²) in [5.74, 6) is 5.18. The number of ether oxygens (including phenoxy) is 1. The Morgan fingerprint density at radius 2 is 2.33 bits per heavy atom. The second-order valence-electron chi connectivity index (χ2n) is 4.27. The average molecular weight is 215 g/mol. The molecule has 0 aromatic heterocycles. The summed E-state index contributed by atoms with van der Waals surface area (Å²) in [5, 5.41) is 3.19. The molecular weight excluding hydrogens is 194 g/mol. The van der Waals surface area contributed by atoms with Gasteiger partial charge < -0.3 is 10.1 Å². The second kappa shape index (κ2) is 6.05. The summed E-state index contributed by atoms with van der Waals surface area (Å²) in [4.78, 5) is 11.4. The Kier molecular flexibility index (Phi) is 5.01. The summed E-state index contributed by atoms with van der Waals surface area (Å²) in [6.45, 7) is 5.53. The molecule has 0 radical (unpaired) electrons. The molecule has 1 heterocycles. The highest BCUT2D eigenvalue weighted by Gasteiger charge is 2.23. The maximum atomic E-state index is 11.4. The Hall–Kier alpha value is -0.650. The number of amides is 1. The first-order valence-electron chi connectivity index (χ1n) is 5.50. The van der Waals surface area contributed by atoms with E-state index in [2.05, 4.69) is 10.7 Å². The van der Waals surface area contributed by atoms with Gasteiger partial charge in [0, 0.05) is 13.2 Å². The minimum atomic E-state index is -0.237. The third-order valence-electron chi connectivity index (χ3n) is 2.68. The van der Waals surface area contributed by atoms with Crippen molar-refractivity contribution in [3.8, 4) is 0 Å². The van der Waals surface area contributed by atoms with Crippen LogP contribution in [-0.4, -0.2) is 31.2 Å². The van der Waals surface area contributed by atoms with E-state index in [4.69, 9.17) is 10.6 Å². The SMILES string of the molecule is CC(C)[C@@H](NC[C@H]1CCCO1)C(=O)NN. The van der Waals surface area contributed by atoms with E-state index in [9.17, 15) is 4.79 Å². The molecule has 1 aliphatic heterocycles. The Morgan fingerprint density at radius 1 is 1.60 bits per heavy atom. The van der Waals surface area contributed by atoms with E-state index < -0.39 is 0 Å². The van der Waals surface area contributed by atoms with Crippen molar-refractivity contribution in [2.45, 2.75) is 38.8 Å². The zero-order valence-corrected chi connectivity index (χ0v) is 9.45. The molecule has 15 heavy (non-hydrogen) atoms. The van der Waals surface area contributed by atoms with Gasteiger partial charge in [0.2, 0.25) is 0 Å². The predicted octanol–water partition coefficient (Wildman–Crippen LogP) is -0.230. The Labute approximate surface area is 90.7 Å². The molecule has 1 fully saturated rings. The summed E-state index contributed by atoms with van der Waals surface area (Å²) in [6.07, 6.45) is 2.43. The van der Waals surface area contributed by atoms with Crippen molar-refractivity contribution in [2.75, 3.05) is 13.2 Å². The van der Waals surface area contributed by atoms with Crippen molar-refractivity contribution in [2.24, 2.45) is 11.8 Å². The number of carbonyl (C=O) groups is 1. The van der Waals surface area contributed by atoms with Gasteiger partial charge in [0.25, 0.3) is 5.91 Å². The lowest BCUT2D eigenvalue weighted by Gasteiger charge is -2.22. The number of nitrogens with two attached hydrogens (primary N) is 1. The van der Waals surface area contributed by atoms with Crippen LogP contribution in [0.15, 0.2) is 0 Å². The van der Waals surface area contributed by atoms with Crippen LogP contribution >= 0.6 is 0 Å². The Bertz CT molecular complexity index is 203. The third-order valence-corrected chi connectivity index (χ3v) is 2.68. The van der Waals surface area contributed by atoms with Crippen molar-refractivity contribution in [1.82, 2.24) is 10.7 Å². The van der Waals surface area contributed by atoms with Crippen molar-refractivity contribution < 1.29 is 9.53 Å². The van der Waals surface area contributed by atoms with Crippen LogP contribution < -0.4 is 16.6 Å². The highest BCUT2D eigenvalue weighted by atomic mass is 16.5. The first-order valence-corrected chi connectivity index (χ1v) is 5.50. The summed E-state index contributed by atoms with van der Waals surface area (Å²) < 4.78 is 5.47. The molecule has 0 spiro atoms. The minimum Gasteiger partial charge on any atom is -0.377 e. The first-order chi connectivity index (χ1) is 7.15. The standard InChI is InChI=1S/C10H21N3O2/c1-7(2)9(10(14)13-11)12-6-8-4-3-5-15-8/h7-9,12H,3-6,11H2,1-2H3,(H,13,14)/t8-,9-/m1/s1. The van der Waals surface area contributed by atoms with Gasteiger partial charge in [-0.15, -0.1) is 0 Å². The number of hydrazine groups is 1. The predicted molar refractivity (Wildman–Crippen MR) is 57.9 cm³/mol. The van der Waals surface area contributed by atoms with Crippen LogP contribution in [0.2, 0.25) is 0 Å². The van der Waals surface area contributed by atoms with Crippen LogP contribution in [0.5, 0.6) is 0 Å². The van der Waals surface area contributed by atoms with Crippen LogP contribution in [0.25, 0.3) is 0 Å². The van der Waals surface area contributed by atoms with Crippen LogP contribution in [0.1, 0.15) is 26.7 Å². The monoisotopic (exact) mass is 215 g/mol. The Balaban J connectivity index is 2.33. The van der Waals surface area contributed by atoms with Gasteiger partial charge in [0.1, 0.15) is 0 Å². The quantitative estimate of drug-likeness (QED) is 0.336. The molecule has 1 aliphatic rings. The number of hydrogen-bond donors (Lipinski definition) is 3. The largest absolute Gasteiger partial charge is 0.377 e. The molecule has 0 aromatic carbocycles. The smallest absolute Gasteiger partial charge is 0.251 e. The van der Waals surface area contributed by atoms with Gasteiger partial charge in [-0.3, -0.25) is 10.2 Å². The second-order valence-corrected chi connectivity index (χ2v) is 4.27. The van der Waals surface area contributed by atoms with Crippen LogP contribution in [0.4, 0.5) is 0 Å². The molecule has 0 aromatic rings. The van der Waals surface area contributed by atoms with E-state index in [1.54, 1.807) is 0 Å². The fraction of sp³-hybridized carbons (Fsp3) is 0.900. The van der Waals surface area contributed by atoms with Crippen molar-refractivity contribution in [1.29, 1.82) is 0 Å². The van der Waals surface area contributed by atoms with Crippen molar-refractivity contribution >= 4 is 5.91 Å². The maximum absolute atomic E-state index is 11.4. The molecular formula is C10H21N3O2. The van der Waals surface area contributed by atoms with Crippen LogP contribution in [0, 0.1) is 5.92 Å². The molecule has 4 N–H and O–H groups in total. The lowest BCUT2D eigenvalue weighted by molar-refractivity contribution is -0.124. The lowest BCUT2D eigenvalue weighted by Crippen LogP contribution is -2.51. The molecule has 0 unspecified atom stereocenters. The normalized spacial score (nSPS) is 23.1.